The third-order valence-corrected chi connectivity index (χ3v) is 5.06. The second-order valence-corrected chi connectivity index (χ2v) is 7.14. The van der Waals surface area contributed by atoms with Crippen molar-refractivity contribution in [2.45, 2.75) is 18.9 Å². The second-order valence-electron chi connectivity index (χ2n) is 6.16. The fourth-order valence-electron chi connectivity index (χ4n) is 2.84. The van der Waals surface area contributed by atoms with Crippen molar-refractivity contribution in [1.82, 2.24) is 20.0 Å². The molecule has 26 heavy (non-hydrogen) atoms. The predicted molar refractivity (Wildman–Crippen MR) is 99.3 cm³/mol. The lowest BCUT2D eigenvalue weighted by atomic mass is 10.2. The summed E-state index contributed by atoms with van der Waals surface area (Å²) in [5.41, 5.74) is 0.897. The normalized spacial score (nSPS) is 16.4. The quantitative estimate of drug-likeness (QED) is 0.886. The van der Waals surface area contributed by atoms with Gasteiger partial charge in [0.15, 0.2) is 0 Å². The van der Waals surface area contributed by atoms with E-state index in [1.165, 1.54) is 16.2 Å². The van der Waals surface area contributed by atoms with Crippen LogP contribution in [0.5, 0.6) is 5.75 Å². The van der Waals surface area contributed by atoms with Crippen LogP contribution in [0.4, 0.5) is 9.93 Å². The van der Waals surface area contributed by atoms with Gasteiger partial charge in [-0.2, -0.15) is 0 Å². The van der Waals surface area contributed by atoms with Gasteiger partial charge in [0.1, 0.15) is 16.8 Å². The minimum atomic E-state index is -0.474. The Balaban J connectivity index is 1.68. The standard InChI is InChI=1S/C17H21N5O3S/c1-21(2)17(24)22-10-4-5-13(22)14(23)18-16-20-19-15(26-16)11-6-8-12(25-3)9-7-11/h6-9,13H,4-5,10H2,1-3H3,(H,18,20,23). The Morgan fingerprint density at radius 2 is 2.00 bits per heavy atom. The van der Waals surface area contributed by atoms with E-state index in [0.29, 0.717) is 23.1 Å². The Labute approximate surface area is 155 Å². The van der Waals surface area contributed by atoms with Crippen LogP contribution in [-0.2, 0) is 4.79 Å². The third kappa shape index (κ3) is 3.77. The maximum absolute atomic E-state index is 12.6. The molecule has 2 heterocycles. The van der Waals surface area contributed by atoms with Crippen LogP contribution in [0.15, 0.2) is 24.3 Å². The molecular weight excluding hydrogens is 354 g/mol. The number of amides is 3. The van der Waals surface area contributed by atoms with Crippen molar-refractivity contribution in [2.75, 3.05) is 33.1 Å². The van der Waals surface area contributed by atoms with Gasteiger partial charge in [-0.25, -0.2) is 4.79 Å². The number of methoxy groups -OCH3 is 1. The second kappa shape index (κ2) is 7.69. The molecule has 0 saturated carbocycles. The van der Waals surface area contributed by atoms with Gasteiger partial charge in [0.25, 0.3) is 0 Å². The van der Waals surface area contributed by atoms with Crippen LogP contribution in [0, 0.1) is 0 Å². The van der Waals surface area contributed by atoms with Crippen LogP contribution in [0.25, 0.3) is 10.6 Å². The number of carbonyl (C=O) groups excluding carboxylic acids is 2. The SMILES string of the molecule is COc1ccc(-c2nnc(NC(=O)C3CCCN3C(=O)N(C)C)s2)cc1. The Bertz CT molecular complexity index is 790. The zero-order chi connectivity index (χ0) is 18.7. The molecule has 0 spiro atoms. The number of hydrogen-bond acceptors (Lipinski definition) is 6. The van der Waals surface area contributed by atoms with E-state index in [9.17, 15) is 9.59 Å². The van der Waals surface area contributed by atoms with Gasteiger partial charge in [0.05, 0.1) is 7.11 Å². The van der Waals surface area contributed by atoms with Gasteiger partial charge in [-0.05, 0) is 37.1 Å². The first-order valence-electron chi connectivity index (χ1n) is 8.26. The summed E-state index contributed by atoms with van der Waals surface area (Å²) >= 11 is 1.29. The van der Waals surface area contributed by atoms with Crippen molar-refractivity contribution in [3.05, 3.63) is 24.3 Å². The lowest BCUT2D eigenvalue weighted by molar-refractivity contribution is -0.119. The molecule has 0 aliphatic carbocycles. The molecule has 2 aromatic rings. The Hall–Kier alpha value is -2.68. The van der Waals surface area contributed by atoms with Crippen molar-refractivity contribution in [1.29, 1.82) is 0 Å². The summed E-state index contributed by atoms with van der Waals surface area (Å²) in [6.45, 7) is 0.586. The van der Waals surface area contributed by atoms with Crippen molar-refractivity contribution < 1.29 is 14.3 Å². The highest BCUT2D eigenvalue weighted by molar-refractivity contribution is 7.18. The summed E-state index contributed by atoms with van der Waals surface area (Å²) in [4.78, 5) is 27.9. The van der Waals surface area contributed by atoms with Crippen LogP contribution in [0.3, 0.4) is 0 Å². The van der Waals surface area contributed by atoms with Gasteiger partial charge in [-0.15, -0.1) is 10.2 Å². The molecule has 1 aromatic heterocycles. The van der Waals surface area contributed by atoms with Crippen LogP contribution >= 0.6 is 11.3 Å². The molecule has 8 nitrogen and oxygen atoms in total. The molecule has 138 valence electrons. The molecule has 1 aliphatic rings. The minimum Gasteiger partial charge on any atom is -0.497 e. The molecule has 3 amide bonds. The van der Waals surface area contributed by atoms with Crippen molar-refractivity contribution in [3.63, 3.8) is 0 Å². The monoisotopic (exact) mass is 375 g/mol. The number of hydrogen-bond donors (Lipinski definition) is 1. The van der Waals surface area contributed by atoms with E-state index < -0.39 is 6.04 Å². The van der Waals surface area contributed by atoms with Gasteiger partial charge in [0.2, 0.25) is 11.0 Å². The van der Waals surface area contributed by atoms with Gasteiger partial charge in [-0.3, -0.25) is 10.1 Å². The zero-order valence-electron chi connectivity index (χ0n) is 14.9. The molecule has 1 fully saturated rings. The average Bonchev–Trinajstić information content (AvgIpc) is 3.30. The maximum atomic E-state index is 12.6. The molecule has 1 N–H and O–H groups in total. The van der Waals surface area contributed by atoms with E-state index in [4.69, 9.17) is 4.74 Å². The molecule has 0 radical (unpaired) electrons. The summed E-state index contributed by atoms with van der Waals surface area (Å²) in [5.74, 6) is 0.536. The van der Waals surface area contributed by atoms with E-state index in [1.54, 1.807) is 26.1 Å². The van der Waals surface area contributed by atoms with E-state index >= 15 is 0 Å². The number of carbonyl (C=O) groups is 2. The van der Waals surface area contributed by atoms with Crippen molar-refractivity contribution >= 4 is 28.4 Å². The average molecular weight is 375 g/mol. The van der Waals surface area contributed by atoms with Crippen molar-refractivity contribution in [3.8, 4) is 16.3 Å². The molecule has 1 unspecified atom stereocenters. The fourth-order valence-corrected chi connectivity index (χ4v) is 3.59. The maximum Gasteiger partial charge on any atom is 0.320 e. The number of nitrogens with one attached hydrogen (secondary N) is 1. The number of ether oxygens (including phenoxy) is 1. The first kappa shape index (κ1) is 18.1. The lowest BCUT2D eigenvalue weighted by Gasteiger charge is -2.26. The number of urea groups is 1. The summed E-state index contributed by atoms with van der Waals surface area (Å²) in [7, 11) is 4.98. The number of nitrogens with zero attached hydrogens (tertiary/aromatic N) is 4. The predicted octanol–water partition coefficient (Wildman–Crippen LogP) is 2.30. The molecule has 1 saturated heterocycles. The van der Waals surface area contributed by atoms with Crippen LogP contribution < -0.4 is 10.1 Å². The van der Waals surface area contributed by atoms with E-state index in [0.717, 1.165) is 17.7 Å². The summed E-state index contributed by atoms with van der Waals surface area (Å²) < 4.78 is 5.14. The van der Waals surface area contributed by atoms with Crippen LogP contribution in [0.1, 0.15) is 12.8 Å². The topological polar surface area (TPSA) is 87.7 Å². The van der Waals surface area contributed by atoms with Gasteiger partial charge >= 0.3 is 6.03 Å². The molecule has 1 atom stereocenters. The summed E-state index contributed by atoms with van der Waals surface area (Å²) in [6.07, 6.45) is 1.46. The number of aromatic nitrogens is 2. The van der Waals surface area contributed by atoms with Crippen molar-refractivity contribution in [2.24, 2.45) is 0 Å². The summed E-state index contributed by atoms with van der Waals surface area (Å²) in [6, 6.07) is 6.84. The van der Waals surface area contributed by atoms with Gasteiger partial charge in [0, 0.05) is 26.2 Å². The Morgan fingerprint density at radius 1 is 1.27 bits per heavy atom. The number of rotatable bonds is 4. The van der Waals surface area contributed by atoms with E-state index in [2.05, 4.69) is 15.5 Å². The molecule has 1 aromatic carbocycles. The Kier molecular flexibility index (Phi) is 5.36. The molecule has 0 bridgehead atoms. The largest absolute Gasteiger partial charge is 0.497 e. The van der Waals surface area contributed by atoms with E-state index in [1.807, 2.05) is 24.3 Å². The molecule has 1 aliphatic heterocycles. The first-order valence-corrected chi connectivity index (χ1v) is 9.08. The number of likely N-dealkylation sites (tertiary alicyclic amines) is 1. The molecular formula is C17H21N5O3S. The van der Waals surface area contributed by atoms with Gasteiger partial charge in [-0.1, -0.05) is 11.3 Å². The first-order chi connectivity index (χ1) is 12.5. The van der Waals surface area contributed by atoms with Crippen LogP contribution in [0.2, 0.25) is 0 Å². The number of benzene rings is 1. The minimum absolute atomic E-state index is 0.154. The lowest BCUT2D eigenvalue weighted by Crippen LogP contribution is -2.47. The summed E-state index contributed by atoms with van der Waals surface area (Å²) in [5, 5.41) is 12.1. The third-order valence-electron chi connectivity index (χ3n) is 4.18. The highest BCUT2D eigenvalue weighted by Gasteiger charge is 2.35. The smallest absolute Gasteiger partial charge is 0.320 e. The van der Waals surface area contributed by atoms with E-state index in [-0.39, 0.29) is 11.9 Å². The molecule has 9 heteroatoms. The zero-order valence-corrected chi connectivity index (χ0v) is 15.7. The van der Waals surface area contributed by atoms with Crippen LogP contribution in [-0.4, -0.2) is 65.7 Å². The highest BCUT2D eigenvalue weighted by atomic mass is 32.1. The molecule has 3 rings (SSSR count). The highest BCUT2D eigenvalue weighted by Crippen LogP contribution is 2.28. The number of anilines is 1. The fraction of sp³-hybridized carbons (Fsp3) is 0.412. The van der Waals surface area contributed by atoms with Gasteiger partial charge < -0.3 is 14.5 Å². The Morgan fingerprint density at radius 3 is 2.65 bits per heavy atom.